The van der Waals surface area contributed by atoms with Crippen molar-refractivity contribution in [3.63, 3.8) is 0 Å². The number of halogens is 2. The maximum atomic E-state index is 12.0. The van der Waals surface area contributed by atoms with Gasteiger partial charge in [0.15, 0.2) is 5.78 Å². The molecule has 0 radical (unpaired) electrons. The van der Waals surface area contributed by atoms with E-state index in [4.69, 9.17) is 5.26 Å². The molecule has 0 saturated carbocycles. The Kier molecular flexibility index (Phi) is 7.94. The van der Waals surface area contributed by atoms with Gasteiger partial charge in [0.05, 0.1) is 17.3 Å². The summed E-state index contributed by atoms with van der Waals surface area (Å²) in [6.45, 7) is 8.27. The van der Waals surface area contributed by atoms with Gasteiger partial charge in [-0.3, -0.25) is 8.77 Å². The molecular formula is C16H18BrIN2OS. The number of aromatic nitrogens is 1. The van der Waals surface area contributed by atoms with E-state index in [1.165, 1.54) is 14.7 Å². The van der Waals surface area contributed by atoms with Crippen LogP contribution in [0.4, 0.5) is 0 Å². The minimum atomic E-state index is -0.143. The lowest BCUT2D eigenvalue weighted by Gasteiger charge is -2.09. The van der Waals surface area contributed by atoms with Gasteiger partial charge in [-0.2, -0.15) is 5.26 Å². The fraction of sp³-hybridized carbons (Fsp3) is 0.375. The van der Waals surface area contributed by atoms with E-state index in [0.717, 1.165) is 15.4 Å². The highest BCUT2D eigenvalue weighted by molar-refractivity contribution is 14.2. The van der Waals surface area contributed by atoms with E-state index in [2.05, 4.69) is 57.0 Å². The monoisotopic (exact) mass is 492 g/mol. The molecule has 0 atom stereocenters. The molecule has 118 valence electrons. The Balaban J connectivity index is 0.00000116. The van der Waals surface area contributed by atoms with Crippen molar-refractivity contribution in [2.45, 2.75) is 40.0 Å². The first kappa shape index (κ1) is 19.5. The molecule has 1 aromatic heterocycles. The van der Waals surface area contributed by atoms with Gasteiger partial charge in [-0.1, -0.05) is 43.6 Å². The van der Waals surface area contributed by atoms with Gasteiger partial charge < -0.3 is 0 Å². The Morgan fingerprint density at radius 3 is 2.55 bits per heavy atom. The van der Waals surface area contributed by atoms with Crippen LogP contribution < -0.4 is 0 Å². The van der Waals surface area contributed by atoms with Gasteiger partial charge in [0.1, 0.15) is 6.42 Å². The predicted molar refractivity (Wildman–Crippen MR) is 107 cm³/mol. The van der Waals surface area contributed by atoms with Gasteiger partial charge in [-0.15, -0.1) is 0 Å². The quantitative estimate of drug-likeness (QED) is 0.361. The summed E-state index contributed by atoms with van der Waals surface area (Å²) in [6.07, 6.45) is -0.0915. The molecular weight excluding hydrogens is 475 g/mol. The van der Waals surface area contributed by atoms with Crippen molar-refractivity contribution >= 4 is 62.9 Å². The third kappa shape index (κ3) is 4.06. The summed E-state index contributed by atoms with van der Waals surface area (Å²) in [5.41, 5.74) is 2.78. The number of Topliss-reactive ketones (excluding diaryl/α,β-unsaturated/α-hetero) is 1. The molecule has 0 fully saturated rings. The Morgan fingerprint density at radius 1 is 1.41 bits per heavy atom. The summed E-state index contributed by atoms with van der Waals surface area (Å²) in [5.74, 6) is 0.262. The van der Waals surface area contributed by atoms with Gasteiger partial charge in [-0.05, 0) is 29.7 Å². The van der Waals surface area contributed by atoms with Crippen molar-refractivity contribution in [2.24, 2.45) is 0 Å². The molecule has 0 unspecified atom stereocenters. The largest absolute Gasteiger partial charge is 0.291 e. The highest BCUT2D eigenvalue weighted by atomic mass is 127. The van der Waals surface area contributed by atoms with Gasteiger partial charge in [-0.25, -0.2) is 0 Å². The predicted octanol–water partition coefficient (Wildman–Crippen LogP) is 6.50. The van der Waals surface area contributed by atoms with E-state index in [1.807, 2.05) is 36.0 Å². The van der Waals surface area contributed by atoms with Crippen LogP contribution in [0.1, 0.15) is 56.1 Å². The summed E-state index contributed by atoms with van der Waals surface area (Å²) < 4.78 is 2.92. The highest BCUT2D eigenvalue weighted by Crippen LogP contribution is 2.35. The van der Waals surface area contributed by atoms with E-state index in [1.54, 1.807) is 0 Å². The van der Waals surface area contributed by atoms with Gasteiger partial charge >= 0.3 is 0 Å². The average molecular weight is 493 g/mol. The third-order valence-corrected chi connectivity index (χ3v) is 5.49. The maximum absolute atomic E-state index is 12.0. The Hall–Kier alpha value is -0.520. The van der Waals surface area contributed by atoms with Crippen LogP contribution >= 0.6 is 46.3 Å². The number of nitriles is 1. The lowest BCUT2D eigenvalue weighted by atomic mass is 10.0. The van der Waals surface area contributed by atoms with Gasteiger partial charge in [0.25, 0.3) is 0 Å². The molecule has 0 N–H and O–H groups in total. The molecule has 0 saturated heterocycles. The average Bonchev–Trinajstić information content (AvgIpc) is 2.86. The van der Waals surface area contributed by atoms with Crippen LogP contribution in [-0.4, -0.2) is 9.76 Å². The number of benzene rings is 1. The molecule has 0 spiro atoms. The molecule has 2 rings (SSSR count). The molecule has 1 heterocycles. The topological polar surface area (TPSA) is 45.8 Å². The normalized spacial score (nSPS) is 10.3. The highest BCUT2D eigenvalue weighted by Gasteiger charge is 2.17. The molecule has 6 heteroatoms. The zero-order valence-electron chi connectivity index (χ0n) is 13.0. The van der Waals surface area contributed by atoms with Crippen molar-refractivity contribution in [1.29, 1.82) is 5.26 Å². The first-order valence-electron chi connectivity index (χ1n) is 7.03. The van der Waals surface area contributed by atoms with Crippen LogP contribution in [0.5, 0.6) is 0 Å². The lowest BCUT2D eigenvalue weighted by Crippen LogP contribution is -2.02. The fourth-order valence-corrected chi connectivity index (χ4v) is 4.62. The molecule has 2 aromatic rings. The molecule has 0 aliphatic heterocycles. The second kappa shape index (κ2) is 8.94. The smallest absolute Gasteiger partial charge is 0.194 e. The Morgan fingerprint density at radius 2 is 2.05 bits per heavy atom. The number of nitrogens with zero attached hydrogens (tertiary/aromatic N) is 2. The number of hydrogen-bond acceptors (Lipinski definition) is 3. The zero-order valence-corrected chi connectivity index (χ0v) is 17.5. The van der Waals surface area contributed by atoms with Crippen LogP contribution in [0, 0.1) is 11.3 Å². The number of hydrogen-bond donors (Lipinski definition) is 0. The van der Waals surface area contributed by atoms with Crippen LogP contribution in [0.3, 0.4) is 0 Å². The van der Waals surface area contributed by atoms with Crippen molar-refractivity contribution in [3.05, 3.63) is 33.9 Å². The summed E-state index contributed by atoms with van der Waals surface area (Å²) in [4.78, 5) is 12.0. The molecule has 0 amide bonds. The van der Waals surface area contributed by atoms with Gasteiger partial charge in [0.2, 0.25) is 0 Å². The lowest BCUT2D eigenvalue weighted by molar-refractivity contribution is 0.0993. The zero-order chi connectivity index (χ0) is 16.9. The fourth-order valence-electron chi connectivity index (χ4n) is 2.10. The van der Waals surface area contributed by atoms with E-state index >= 15 is 0 Å². The van der Waals surface area contributed by atoms with E-state index in [0.29, 0.717) is 11.6 Å². The van der Waals surface area contributed by atoms with Gasteiger partial charge in [0, 0.05) is 40.2 Å². The van der Waals surface area contributed by atoms with E-state index in [9.17, 15) is 4.79 Å². The van der Waals surface area contributed by atoms with E-state index in [-0.39, 0.29) is 12.2 Å². The number of carbonyl (C=O) groups is 1. The molecule has 0 aliphatic rings. The number of ketones is 1. The minimum absolute atomic E-state index is 0.0915. The number of fused-ring (bicyclic) bond motifs is 1. The summed E-state index contributed by atoms with van der Waals surface area (Å²) in [7, 11) is 1.44. The van der Waals surface area contributed by atoms with Crippen molar-refractivity contribution < 1.29 is 4.79 Å². The minimum Gasteiger partial charge on any atom is -0.291 e. The Bertz CT molecular complexity index is 719. The maximum Gasteiger partial charge on any atom is 0.194 e. The number of carbonyl (C=O) groups excluding carboxylic acids is 1. The SMILES string of the molecule is CC.CC(C)c1cc2cc(C(=O)CC#N)n(SI)c2cc1Br. The van der Waals surface area contributed by atoms with Crippen LogP contribution in [-0.2, 0) is 0 Å². The second-order valence-corrected chi connectivity index (χ2v) is 7.28. The standard InChI is InChI=1S/C14H12BrIN2OS.C2H6/c1-8(2)10-5-9-6-13(14(19)3-4-17)18(20-16)12(9)7-11(10)15;1-2/h5-8H,3H2,1-2H3;1-2H3. The first-order valence-corrected chi connectivity index (χ1v) is 11.1. The van der Waals surface area contributed by atoms with Crippen LogP contribution in [0.15, 0.2) is 22.7 Å². The molecule has 1 aromatic carbocycles. The van der Waals surface area contributed by atoms with Crippen molar-refractivity contribution in [1.82, 2.24) is 3.97 Å². The summed E-state index contributed by atoms with van der Waals surface area (Å²) in [6, 6.07) is 7.94. The molecule has 3 nitrogen and oxygen atoms in total. The third-order valence-electron chi connectivity index (χ3n) is 3.09. The summed E-state index contributed by atoms with van der Waals surface area (Å²) in [5, 5.41) is 9.73. The first-order chi connectivity index (χ1) is 10.5. The van der Waals surface area contributed by atoms with Crippen LogP contribution in [0.2, 0.25) is 0 Å². The van der Waals surface area contributed by atoms with Crippen molar-refractivity contribution in [3.8, 4) is 6.07 Å². The molecule has 0 bridgehead atoms. The van der Waals surface area contributed by atoms with Crippen molar-refractivity contribution in [2.75, 3.05) is 0 Å². The molecule has 0 aliphatic carbocycles. The number of rotatable bonds is 4. The second-order valence-electron chi connectivity index (χ2n) is 4.74. The van der Waals surface area contributed by atoms with Crippen LogP contribution in [0.25, 0.3) is 10.9 Å². The summed E-state index contributed by atoms with van der Waals surface area (Å²) >= 11 is 5.74. The van der Waals surface area contributed by atoms with E-state index < -0.39 is 0 Å². The Labute approximate surface area is 156 Å². The molecule has 22 heavy (non-hydrogen) atoms.